The van der Waals surface area contributed by atoms with E-state index in [0.717, 1.165) is 18.6 Å². The summed E-state index contributed by atoms with van der Waals surface area (Å²) in [6.45, 7) is 4.83. The summed E-state index contributed by atoms with van der Waals surface area (Å²) in [5, 5.41) is 8.36. The van der Waals surface area contributed by atoms with Crippen molar-refractivity contribution in [3.05, 3.63) is 29.3 Å². The minimum Gasteiger partial charge on any atom is -0.494 e. The fourth-order valence-electron chi connectivity index (χ4n) is 1.51. The second-order valence-electron chi connectivity index (χ2n) is 3.79. The predicted octanol–water partition coefficient (Wildman–Crippen LogP) is 3.38. The molecule has 15 heavy (non-hydrogen) atoms. The smallest absolute Gasteiger partial charge is 0.119 e. The average molecular weight is 203 g/mol. The second-order valence-corrected chi connectivity index (χ2v) is 3.79. The Balaban J connectivity index is 2.34. The number of ether oxygens (including phenoxy) is 1. The normalized spacial score (nSPS) is 9.67. The lowest BCUT2D eigenvalue weighted by Gasteiger charge is -2.07. The zero-order chi connectivity index (χ0) is 11.1. The van der Waals surface area contributed by atoms with Crippen LogP contribution < -0.4 is 4.74 Å². The van der Waals surface area contributed by atoms with Crippen LogP contribution in [0.1, 0.15) is 30.4 Å². The Morgan fingerprint density at radius 2 is 1.80 bits per heavy atom. The number of unbranched alkanes of at least 4 members (excludes halogenated alkanes) is 2. The number of rotatable bonds is 5. The Hall–Kier alpha value is -1.49. The second kappa shape index (κ2) is 6.08. The number of nitrogens with zero attached hydrogens (tertiary/aromatic N) is 1. The number of hydrogen-bond donors (Lipinski definition) is 0. The van der Waals surface area contributed by atoms with E-state index in [0.29, 0.717) is 13.0 Å². The average Bonchev–Trinajstić information content (AvgIpc) is 2.16. The first-order chi connectivity index (χ1) is 7.22. The molecule has 1 aromatic rings. The summed E-state index contributed by atoms with van der Waals surface area (Å²) in [4.78, 5) is 0. The predicted molar refractivity (Wildman–Crippen MR) is 60.9 cm³/mol. The molecular formula is C13H17NO. The number of aryl methyl sites for hydroxylation is 2. The SMILES string of the molecule is Cc1cc(C)cc(OCCCCC#N)c1. The van der Waals surface area contributed by atoms with E-state index in [-0.39, 0.29) is 0 Å². The van der Waals surface area contributed by atoms with Crippen LogP contribution in [-0.2, 0) is 0 Å². The number of benzene rings is 1. The summed E-state index contributed by atoms with van der Waals surface area (Å²) in [5.41, 5.74) is 2.45. The highest BCUT2D eigenvalue weighted by Gasteiger charge is 1.96. The van der Waals surface area contributed by atoms with Crippen LogP contribution in [0.5, 0.6) is 5.75 Å². The number of nitriles is 1. The summed E-state index contributed by atoms with van der Waals surface area (Å²) in [6, 6.07) is 8.33. The van der Waals surface area contributed by atoms with E-state index >= 15 is 0 Å². The van der Waals surface area contributed by atoms with E-state index in [4.69, 9.17) is 10.00 Å². The van der Waals surface area contributed by atoms with Gasteiger partial charge in [0.25, 0.3) is 0 Å². The Morgan fingerprint density at radius 1 is 1.13 bits per heavy atom. The van der Waals surface area contributed by atoms with Crippen molar-refractivity contribution in [3.8, 4) is 11.8 Å². The molecule has 0 radical (unpaired) electrons. The summed E-state index contributed by atoms with van der Waals surface area (Å²) < 4.78 is 5.60. The van der Waals surface area contributed by atoms with Gasteiger partial charge in [-0.15, -0.1) is 0 Å². The molecule has 0 aliphatic carbocycles. The molecule has 0 heterocycles. The largest absolute Gasteiger partial charge is 0.494 e. The Labute approximate surface area is 91.5 Å². The molecular weight excluding hydrogens is 186 g/mol. The van der Waals surface area contributed by atoms with Crippen molar-refractivity contribution in [2.75, 3.05) is 6.61 Å². The van der Waals surface area contributed by atoms with E-state index < -0.39 is 0 Å². The van der Waals surface area contributed by atoms with Crippen molar-refractivity contribution in [2.24, 2.45) is 0 Å². The van der Waals surface area contributed by atoms with Gasteiger partial charge in [-0.2, -0.15) is 5.26 Å². The van der Waals surface area contributed by atoms with Gasteiger partial charge < -0.3 is 4.74 Å². The summed E-state index contributed by atoms with van der Waals surface area (Å²) in [5.74, 6) is 0.935. The first kappa shape index (κ1) is 11.6. The lowest BCUT2D eigenvalue weighted by Crippen LogP contribution is -1.97. The van der Waals surface area contributed by atoms with Gasteiger partial charge in [0.15, 0.2) is 0 Å². The zero-order valence-corrected chi connectivity index (χ0v) is 9.42. The highest BCUT2D eigenvalue weighted by Crippen LogP contribution is 2.16. The van der Waals surface area contributed by atoms with Crippen molar-refractivity contribution in [2.45, 2.75) is 33.1 Å². The van der Waals surface area contributed by atoms with Crippen LogP contribution in [0.4, 0.5) is 0 Å². The van der Waals surface area contributed by atoms with E-state index in [9.17, 15) is 0 Å². The van der Waals surface area contributed by atoms with Crippen LogP contribution >= 0.6 is 0 Å². The minimum atomic E-state index is 0.621. The molecule has 80 valence electrons. The Morgan fingerprint density at radius 3 is 2.40 bits per heavy atom. The maximum atomic E-state index is 8.36. The maximum absolute atomic E-state index is 8.36. The van der Waals surface area contributed by atoms with Gasteiger partial charge in [0.1, 0.15) is 5.75 Å². The van der Waals surface area contributed by atoms with E-state index in [1.807, 2.05) is 12.1 Å². The molecule has 0 aliphatic heterocycles. The zero-order valence-electron chi connectivity index (χ0n) is 9.42. The molecule has 0 amide bonds. The van der Waals surface area contributed by atoms with Crippen LogP contribution in [0, 0.1) is 25.2 Å². The lowest BCUT2D eigenvalue weighted by molar-refractivity contribution is 0.307. The van der Waals surface area contributed by atoms with Crippen molar-refractivity contribution >= 4 is 0 Å². The maximum Gasteiger partial charge on any atom is 0.119 e. The van der Waals surface area contributed by atoms with Gasteiger partial charge in [-0.3, -0.25) is 0 Å². The molecule has 2 nitrogen and oxygen atoms in total. The van der Waals surface area contributed by atoms with Crippen molar-refractivity contribution < 1.29 is 4.74 Å². The molecule has 0 aromatic heterocycles. The molecule has 0 spiro atoms. The molecule has 0 saturated heterocycles. The van der Waals surface area contributed by atoms with Crippen LogP contribution in [0.3, 0.4) is 0 Å². The molecule has 0 fully saturated rings. The molecule has 1 rings (SSSR count). The van der Waals surface area contributed by atoms with Gasteiger partial charge in [-0.1, -0.05) is 6.07 Å². The van der Waals surface area contributed by atoms with E-state index in [2.05, 4.69) is 26.0 Å². The standard InChI is InChI=1S/C13H17NO/c1-11-8-12(2)10-13(9-11)15-7-5-3-4-6-14/h8-10H,3-5,7H2,1-2H3. The molecule has 0 bridgehead atoms. The van der Waals surface area contributed by atoms with Crippen LogP contribution in [-0.4, -0.2) is 6.61 Å². The van der Waals surface area contributed by atoms with Gasteiger partial charge in [-0.05, 0) is 49.9 Å². The third-order valence-corrected chi connectivity index (χ3v) is 2.15. The highest BCUT2D eigenvalue weighted by atomic mass is 16.5. The van der Waals surface area contributed by atoms with Gasteiger partial charge >= 0.3 is 0 Å². The summed E-state index contributed by atoms with van der Waals surface area (Å²) in [6.07, 6.45) is 2.48. The molecule has 0 unspecified atom stereocenters. The van der Waals surface area contributed by atoms with Crippen molar-refractivity contribution in [3.63, 3.8) is 0 Å². The van der Waals surface area contributed by atoms with Crippen LogP contribution in [0.2, 0.25) is 0 Å². The van der Waals surface area contributed by atoms with Crippen LogP contribution in [0.25, 0.3) is 0 Å². The fourth-order valence-corrected chi connectivity index (χ4v) is 1.51. The Kier molecular flexibility index (Phi) is 4.70. The van der Waals surface area contributed by atoms with Gasteiger partial charge in [0.2, 0.25) is 0 Å². The van der Waals surface area contributed by atoms with Crippen LogP contribution in [0.15, 0.2) is 18.2 Å². The third-order valence-electron chi connectivity index (χ3n) is 2.15. The van der Waals surface area contributed by atoms with Gasteiger partial charge in [0.05, 0.1) is 12.7 Å². The van der Waals surface area contributed by atoms with Gasteiger partial charge in [-0.25, -0.2) is 0 Å². The minimum absolute atomic E-state index is 0.621. The molecule has 0 atom stereocenters. The summed E-state index contributed by atoms with van der Waals surface area (Å²) >= 11 is 0. The quantitative estimate of drug-likeness (QED) is 0.687. The molecule has 1 aromatic carbocycles. The molecule has 0 aliphatic rings. The van der Waals surface area contributed by atoms with E-state index in [1.165, 1.54) is 11.1 Å². The number of hydrogen-bond acceptors (Lipinski definition) is 2. The first-order valence-corrected chi connectivity index (χ1v) is 5.30. The highest BCUT2D eigenvalue weighted by molar-refractivity contribution is 5.32. The Bertz CT molecular complexity index is 332. The molecule has 0 saturated carbocycles. The molecule has 2 heteroatoms. The topological polar surface area (TPSA) is 33.0 Å². The lowest BCUT2D eigenvalue weighted by atomic mass is 10.1. The van der Waals surface area contributed by atoms with Gasteiger partial charge in [0, 0.05) is 6.42 Å². The van der Waals surface area contributed by atoms with E-state index in [1.54, 1.807) is 0 Å². The molecule has 0 N–H and O–H groups in total. The van der Waals surface area contributed by atoms with Crippen molar-refractivity contribution in [1.82, 2.24) is 0 Å². The first-order valence-electron chi connectivity index (χ1n) is 5.30. The fraction of sp³-hybridized carbons (Fsp3) is 0.462. The van der Waals surface area contributed by atoms with Crippen molar-refractivity contribution in [1.29, 1.82) is 5.26 Å². The third kappa shape index (κ3) is 4.51. The monoisotopic (exact) mass is 203 g/mol. The summed E-state index contributed by atoms with van der Waals surface area (Å²) in [7, 11) is 0.